The first kappa shape index (κ1) is 50.5. The van der Waals surface area contributed by atoms with Crippen molar-refractivity contribution in [2.24, 2.45) is 0 Å². The van der Waals surface area contributed by atoms with Crippen LogP contribution in [0.25, 0.3) is 44.6 Å². The van der Waals surface area contributed by atoms with Gasteiger partial charge in [-0.3, -0.25) is 9.59 Å². The molecular formula is C45H28Br3Cl2F7N6O2. The quantitative estimate of drug-likeness (QED) is 0.0529. The molecule has 0 saturated heterocycles. The Balaban J connectivity index is 0.000000170. The first-order chi connectivity index (χ1) is 31.0. The Morgan fingerprint density at radius 2 is 1.02 bits per heavy atom. The Labute approximate surface area is 400 Å². The van der Waals surface area contributed by atoms with Gasteiger partial charge in [-0.15, -0.1) is 0 Å². The van der Waals surface area contributed by atoms with Gasteiger partial charge in [-0.25, -0.2) is 50.7 Å². The molecule has 2 aromatic heterocycles. The summed E-state index contributed by atoms with van der Waals surface area (Å²) in [5.74, 6) is -6.60. The summed E-state index contributed by atoms with van der Waals surface area (Å²) in [6, 6.07) is 26.0. The number of hydrogen-bond donors (Lipinski definition) is 2. The number of benzene rings is 6. The minimum Gasteiger partial charge on any atom is -0.397 e. The first-order valence-electron chi connectivity index (χ1n) is 18.3. The Morgan fingerprint density at radius 1 is 0.523 bits per heavy atom. The molecule has 0 saturated carbocycles. The predicted molar refractivity (Wildman–Crippen MR) is 250 cm³/mol. The number of fused-ring (bicyclic) bond motifs is 2. The van der Waals surface area contributed by atoms with Gasteiger partial charge in [0.15, 0.2) is 23.3 Å². The lowest BCUT2D eigenvalue weighted by Gasteiger charge is -2.10. The average Bonchev–Trinajstić information content (AvgIpc) is 3.32. The topological polar surface area (TPSA) is 138 Å². The summed E-state index contributed by atoms with van der Waals surface area (Å²) in [5.41, 5.74) is 13.0. The van der Waals surface area contributed by atoms with Crippen molar-refractivity contribution in [3.63, 3.8) is 0 Å². The van der Waals surface area contributed by atoms with E-state index in [1.165, 1.54) is 42.5 Å². The second-order valence-corrected chi connectivity index (χ2v) is 15.4. The van der Waals surface area contributed by atoms with Crippen LogP contribution in [0.1, 0.15) is 21.7 Å². The molecule has 0 aliphatic heterocycles. The molecule has 0 spiro atoms. The lowest BCUT2D eigenvalue weighted by molar-refractivity contribution is -0.112. The van der Waals surface area contributed by atoms with Crippen molar-refractivity contribution >= 4 is 116 Å². The van der Waals surface area contributed by atoms with Gasteiger partial charge in [-0.2, -0.15) is 0 Å². The van der Waals surface area contributed by atoms with Gasteiger partial charge in [0, 0.05) is 27.4 Å². The van der Waals surface area contributed by atoms with E-state index < -0.39 is 52.3 Å². The fraction of sp³-hybridized carbons (Fsp3) is 0.0667. The molecule has 8 nitrogen and oxygen atoms in total. The molecule has 334 valence electrons. The van der Waals surface area contributed by atoms with Gasteiger partial charge < -0.3 is 11.5 Å². The fourth-order valence-corrected chi connectivity index (χ4v) is 7.02. The number of nitrogen functional groups attached to an aromatic ring is 2. The van der Waals surface area contributed by atoms with Crippen molar-refractivity contribution < 1.29 is 40.3 Å². The first-order valence-corrected chi connectivity index (χ1v) is 22.4. The molecule has 4 N–H and O–H groups in total. The largest absolute Gasteiger partial charge is 0.397 e. The Hall–Kier alpha value is -5.53. The van der Waals surface area contributed by atoms with Crippen molar-refractivity contribution in [2.45, 2.75) is 10.7 Å². The maximum absolute atomic E-state index is 14.0. The number of aromatic nitrogens is 4. The highest BCUT2D eigenvalue weighted by Crippen LogP contribution is 2.32. The number of rotatable bonds is 7. The van der Waals surface area contributed by atoms with Crippen LogP contribution in [0, 0.1) is 40.7 Å². The van der Waals surface area contributed by atoms with E-state index in [-0.39, 0.29) is 54.7 Å². The van der Waals surface area contributed by atoms with Crippen LogP contribution in [0.2, 0.25) is 10.0 Å². The van der Waals surface area contributed by atoms with Crippen LogP contribution in [-0.4, -0.2) is 36.8 Å². The molecule has 65 heavy (non-hydrogen) atoms. The lowest BCUT2D eigenvalue weighted by Crippen LogP contribution is -2.15. The van der Waals surface area contributed by atoms with Gasteiger partial charge in [0.2, 0.25) is 11.6 Å². The second-order valence-electron chi connectivity index (χ2n) is 13.0. The highest BCUT2D eigenvalue weighted by atomic mass is 79.9. The molecule has 0 radical (unpaired) electrons. The van der Waals surface area contributed by atoms with Crippen molar-refractivity contribution in [2.75, 3.05) is 16.8 Å². The molecule has 0 bridgehead atoms. The summed E-state index contributed by atoms with van der Waals surface area (Å²) in [6.45, 7) is 0. The van der Waals surface area contributed by atoms with Crippen LogP contribution in [-0.2, 0) is 15.5 Å². The number of nitrogens with zero attached hydrogens (tertiary/aromatic N) is 4. The fourth-order valence-electron chi connectivity index (χ4n) is 5.56. The van der Waals surface area contributed by atoms with E-state index in [0.717, 1.165) is 12.1 Å². The van der Waals surface area contributed by atoms with E-state index in [2.05, 4.69) is 67.7 Å². The summed E-state index contributed by atoms with van der Waals surface area (Å²) in [6.07, 6.45) is 0. The van der Waals surface area contributed by atoms with E-state index >= 15 is 0 Å². The maximum atomic E-state index is 14.0. The van der Waals surface area contributed by atoms with Crippen LogP contribution >= 0.6 is 71.0 Å². The number of carbonyl (C=O) groups is 2. The number of halogens is 12. The van der Waals surface area contributed by atoms with Crippen LogP contribution in [0.4, 0.5) is 42.1 Å². The molecule has 0 aliphatic rings. The molecule has 2 heterocycles. The molecule has 8 aromatic rings. The lowest BCUT2D eigenvalue weighted by atomic mass is 10.1. The van der Waals surface area contributed by atoms with Crippen LogP contribution in [0.3, 0.4) is 0 Å². The minimum atomic E-state index is -1.08. The summed E-state index contributed by atoms with van der Waals surface area (Å²) in [4.78, 5) is 39.4. The van der Waals surface area contributed by atoms with Crippen LogP contribution in [0.15, 0.2) is 109 Å². The predicted octanol–water partition coefficient (Wildman–Crippen LogP) is 13.3. The molecule has 0 unspecified atom stereocenters. The van der Waals surface area contributed by atoms with Crippen molar-refractivity contribution in [1.82, 2.24) is 19.9 Å². The summed E-state index contributed by atoms with van der Waals surface area (Å²) in [7, 11) is 0. The summed E-state index contributed by atoms with van der Waals surface area (Å²) in [5, 5.41) is 0.863. The van der Waals surface area contributed by atoms with Crippen LogP contribution < -0.4 is 11.5 Å². The molecule has 8 rings (SSSR count). The number of ketones is 2. The summed E-state index contributed by atoms with van der Waals surface area (Å²) >= 11 is 21.1. The molecule has 0 atom stereocenters. The van der Waals surface area contributed by atoms with Gasteiger partial charge in [0.25, 0.3) is 0 Å². The third kappa shape index (κ3) is 12.0. The number of alkyl halides is 3. The zero-order chi connectivity index (χ0) is 47.5. The second kappa shape index (κ2) is 23.1. The number of anilines is 2. The molecule has 20 heteroatoms. The van der Waals surface area contributed by atoms with E-state index in [0.29, 0.717) is 44.2 Å². The molecular weight excluding hydrogens is 1100 g/mol. The zero-order valence-corrected chi connectivity index (χ0v) is 39.1. The average molecular weight is 1130 g/mol. The Bertz CT molecular complexity index is 3040. The van der Waals surface area contributed by atoms with Crippen molar-refractivity contribution in [3.05, 3.63) is 177 Å². The van der Waals surface area contributed by atoms with E-state index in [4.69, 9.17) is 34.7 Å². The Kier molecular flexibility index (Phi) is 17.9. The van der Waals surface area contributed by atoms with Gasteiger partial charge in [-0.1, -0.05) is 107 Å². The van der Waals surface area contributed by atoms with Gasteiger partial charge in [0.1, 0.15) is 33.5 Å². The van der Waals surface area contributed by atoms with Gasteiger partial charge in [-0.05, 0) is 72.8 Å². The highest BCUT2D eigenvalue weighted by molar-refractivity contribution is 9.09. The van der Waals surface area contributed by atoms with Crippen LogP contribution in [0.5, 0.6) is 0 Å². The highest BCUT2D eigenvalue weighted by Gasteiger charge is 2.19. The van der Waals surface area contributed by atoms with Gasteiger partial charge >= 0.3 is 0 Å². The van der Waals surface area contributed by atoms with E-state index in [1.54, 1.807) is 54.6 Å². The molecule has 0 amide bonds. The molecule has 0 fully saturated rings. The maximum Gasteiger partial charge on any atom is 0.230 e. The number of nitrogens with two attached hydrogens (primary N) is 2. The van der Waals surface area contributed by atoms with Gasteiger partial charge in [0.05, 0.1) is 55.5 Å². The number of carbonyl (C=O) groups excluding carboxylic acids is 2. The SMILES string of the molecule is Fc1ccccc1-c1nc2c(Cl)c(F)ccc2nc1CBr.Fc1ccccc1-c1nc2ccc(F)c(F)c2nc1CBr.Nc1ccc(F)c(F)c1N.O=C(CBr)C(=O)c1ccccc1Cl. The molecule has 0 aliphatic carbocycles. The van der Waals surface area contributed by atoms with Crippen molar-refractivity contribution in [3.8, 4) is 22.5 Å². The number of Topliss-reactive ketones (excluding diaryl/α,β-unsaturated/α-hetero) is 2. The number of hydrogen-bond acceptors (Lipinski definition) is 8. The van der Waals surface area contributed by atoms with E-state index in [1.807, 2.05) is 0 Å². The standard InChI is InChI=1S/C15H8BrClF2N2.C15H8BrF3N2.C9H6BrClO2.C6H6F2N2/c16-7-12-14(8-3-1-2-4-9(8)18)21-15-11(20-12)6-5-10(19)13(15)17;16-7-12-14(8-3-1-2-4-9(8)17)20-11-6-5-10(18)13(19)15(11)21-12;10-5-8(12)9(13)6-3-1-2-4-7(6)11;7-3-1-2-4(9)6(10)5(3)8/h2*1-6H,7H2;1-4H,5H2;1-2H,9-10H2. The monoisotopic (exact) mass is 1120 g/mol. The third-order valence-corrected chi connectivity index (χ3v) is 11.0. The van der Waals surface area contributed by atoms with Crippen molar-refractivity contribution in [1.29, 1.82) is 0 Å². The minimum absolute atomic E-state index is 0.0249. The summed E-state index contributed by atoms with van der Waals surface area (Å²) < 4.78 is 93.1. The van der Waals surface area contributed by atoms with E-state index in [9.17, 15) is 40.3 Å². The normalized spacial score (nSPS) is 10.6. The smallest absolute Gasteiger partial charge is 0.230 e. The molecule has 6 aromatic carbocycles. The third-order valence-electron chi connectivity index (χ3n) is 8.77. The zero-order valence-electron chi connectivity index (χ0n) is 32.8. The Morgan fingerprint density at radius 3 is 1.57 bits per heavy atom.